The highest BCUT2D eigenvalue weighted by molar-refractivity contribution is 5.78. The number of anilines is 2. The molecule has 0 bridgehead atoms. The normalized spacial score (nSPS) is 11.0. The zero-order chi connectivity index (χ0) is 15.8. The second-order valence-corrected chi connectivity index (χ2v) is 5.36. The first-order chi connectivity index (χ1) is 11.2. The number of nitrogens with zero attached hydrogens (tertiary/aromatic N) is 4. The predicted octanol–water partition coefficient (Wildman–Crippen LogP) is 3.18. The Hall–Kier alpha value is -3.28. The number of hydrogen-bond donors (Lipinski definition) is 2. The van der Waals surface area contributed by atoms with E-state index >= 15 is 0 Å². The Bertz CT molecular complexity index is 968. The Morgan fingerprint density at radius 2 is 1.91 bits per heavy atom. The average Bonchev–Trinajstić information content (AvgIpc) is 3.16. The summed E-state index contributed by atoms with van der Waals surface area (Å²) in [6.45, 7) is 0. The van der Waals surface area contributed by atoms with E-state index in [1.807, 2.05) is 54.5 Å². The van der Waals surface area contributed by atoms with Crippen LogP contribution in [0.4, 0.5) is 11.5 Å². The molecule has 114 valence electrons. The lowest BCUT2D eigenvalue weighted by Crippen LogP contribution is -2.00. The molecule has 3 aromatic heterocycles. The van der Waals surface area contributed by atoms with E-state index in [-0.39, 0.29) is 5.75 Å². The number of nitrogens with one attached hydrogen (secondary N) is 1. The summed E-state index contributed by atoms with van der Waals surface area (Å²) in [7, 11) is 1.99. The summed E-state index contributed by atoms with van der Waals surface area (Å²) in [4.78, 5) is 4.45. The third-order valence-electron chi connectivity index (χ3n) is 3.68. The summed E-state index contributed by atoms with van der Waals surface area (Å²) in [6, 6.07) is 10.8. The van der Waals surface area contributed by atoms with Crippen molar-refractivity contribution in [1.82, 2.24) is 19.2 Å². The highest BCUT2D eigenvalue weighted by Crippen LogP contribution is 2.26. The van der Waals surface area contributed by atoms with E-state index in [2.05, 4.69) is 15.4 Å². The number of aromatic hydroxyl groups is 1. The number of hydrogen-bond acceptors (Lipinski definition) is 4. The van der Waals surface area contributed by atoms with Gasteiger partial charge in [-0.05, 0) is 36.4 Å². The molecular weight excluding hydrogens is 290 g/mol. The first-order valence-corrected chi connectivity index (χ1v) is 7.22. The van der Waals surface area contributed by atoms with Crippen LogP contribution in [0.2, 0.25) is 0 Å². The third-order valence-corrected chi connectivity index (χ3v) is 3.68. The molecule has 0 atom stereocenters. The fraction of sp³-hybridized carbons (Fsp3) is 0.0588. The maximum Gasteiger partial charge on any atom is 0.165 e. The van der Waals surface area contributed by atoms with Crippen molar-refractivity contribution in [3.63, 3.8) is 0 Å². The zero-order valence-electron chi connectivity index (χ0n) is 12.5. The minimum Gasteiger partial charge on any atom is -0.508 e. The smallest absolute Gasteiger partial charge is 0.165 e. The van der Waals surface area contributed by atoms with Gasteiger partial charge in [0.05, 0.1) is 6.20 Å². The number of aryl methyl sites for hydroxylation is 1. The standard InChI is InChI=1S/C17H15N5O/c1-21-9-7-12(11-21)15-10-19-22-16(6-8-18-17(15)22)20-13-2-4-14(23)5-3-13/h2-11,20,23H,1H3. The van der Waals surface area contributed by atoms with Crippen molar-refractivity contribution >= 4 is 17.2 Å². The summed E-state index contributed by atoms with van der Waals surface area (Å²) in [5, 5.41) is 17.1. The van der Waals surface area contributed by atoms with E-state index in [1.165, 1.54) is 0 Å². The number of fused-ring (bicyclic) bond motifs is 1. The van der Waals surface area contributed by atoms with Crippen LogP contribution in [0.15, 0.2) is 61.2 Å². The van der Waals surface area contributed by atoms with Crippen molar-refractivity contribution in [2.45, 2.75) is 0 Å². The summed E-state index contributed by atoms with van der Waals surface area (Å²) in [6.07, 6.45) is 7.61. The van der Waals surface area contributed by atoms with Gasteiger partial charge in [0, 0.05) is 42.5 Å². The molecule has 0 spiro atoms. The number of phenols is 1. The first-order valence-electron chi connectivity index (χ1n) is 7.22. The molecule has 0 aliphatic heterocycles. The number of aromatic nitrogens is 4. The molecule has 1 aromatic carbocycles. The van der Waals surface area contributed by atoms with E-state index in [1.54, 1.807) is 22.8 Å². The predicted molar refractivity (Wildman–Crippen MR) is 88.8 cm³/mol. The van der Waals surface area contributed by atoms with Crippen LogP contribution >= 0.6 is 0 Å². The van der Waals surface area contributed by atoms with Crippen LogP contribution in [-0.4, -0.2) is 24.3 Å². The molecule has 0 amide bonds. The van der Waals surface area contributed by atoms with Crippen LogP contribution in [0.3, 0.4) is 0 Å². The maximum absolute atomic E-state index is 9.37. The molecule has 0 saturated carbocycles. The molecule has 6 heteroatoms. The van der Waals surface area contributed by atoms with Gasteiger partial charge in [-0.25, -0.2) is 4.98 Å². The summed E-state index contributed by atoms with van der Waals surface area (Å²) in [5.74, 6) is 1.05. The molecular formula is C17H15N5O. The van der Waals surface area contributed by atoms with Gasteiger partial charge >= 0.3 is 0 Å². The van der Waals surface area contributed by atoms with Crippen LogP contribution in [0.25, 0.3) is 16.8 Å². The second-order valence-electron chi connectivity index (χ2n) is 5.36. The van der Waals surface area contributed by atoms with Gasteiger partial charge in [-0.15, -0.1) is 0 Å². The minimum atomic E-state index is 0.237. The maximum atomic E-state index is 9.37. The van der Waals surface area contributed by atoms with Gasteiger partial charge in [0.25, 0.3) is 0 Å². The SMILES string of the molecule is Cn1ccc(-c2cnn3c(Nc4ccc(O)cc4)ccnc23)c1. The molecule has 2 N–H and O–H groups in total. The van der Waals surface area contributed by atoms with E-state index in [4.69, 9.17) is 0 Å². The summed E-state index contributed by atoms with van der Waals surface area (Å²) < 4.78 is 3.77. The average molecular weight is 305 g/mol. The molecule has 0 fully saturated rings. The minimum absolute atomic E-state index is 0.237. The number of rotatable bonds is 3. The second kappa shape index (κ2) is 5.17. The Kier molecular flexibility index (Phi) is 3.01. The number of phenolic OH excluding ortho intramolecular Hbond substituents is 1. The fourth-order valence-corrected chi connectivity index (χ4v) is 2.55. The van der Waals surface area contributed by atoms with Crippen LogP contribution < -0.4 is 5.32 Å². The first kappa shape index (κ1) is 13.4. The third kappa shape index (κ3) is 2.40. The highest BCUT2D eigenvalue weighted by atomic mass is 16.3. The van der Waals surface area contributed by atoms with Crippen molar-refractivity contribution in [2.75, 3.05) is 5.32 Å². The topological polar surface area (TPSA) is 67.4 Å². The van der Waals surface area contributed by atoms with Gasteiger partial charge in [-0.1, -0.05) is 0 Å². The fourth-order valence-electron chi connectivity index (χ4n) is 2.55. The molecule has 4 rings (SSSR count). The van der Waals surface area contributed by atoms with Gasteiger partial charge in [0.15, 0.2) is 5.65 Å². The molecule has 4 aromatic rings. The van der Waals surface area contributed by atoms with Crippen molar-refractivity contribution in [3.8, 4) is 16.9 Å². The van der Waals surface area contributed by atoms with Crippen molar-refractivity contribution < 1.29 is 5.11 Å². The van der Waals surface area contributed by atoms with Crippen LogP contribution in [0.5, 0.6) is 5.75 Å². The molecule has 0 aliphatic carbocycles. The largest absolute Gasteiger partial charge is 0.508 e. The molecule has 0 unspecified atom stereocenters. The van der Waals surface area contributed by atoms with Crippen molar-refractivity contribution in [1.29, 1.82) is 0 Å². The Morgan fingerprint density at radius 3 is 2.65 bits per heavy atom. The molecule has 0 saturated heterocycles. The monoisotopic (exact) mass is 305 g/mol. The summed E-state index contributed by atoms with van der Waals surface area (Å²) >= 11 is 0. The molecule has 6 nitrogen and oxygen atoms in total. The molecule has 23 heavy (non-hydrogen) atoms. The highest BCUT2D eigenvalue weighted by Gasteiger charge is 2.11. The Balaban J connectivity index is 1.77. The van der Waals surface area contributed by atoms with Gasteiger partial charge in [0.1, 0.15) is 11.6 Å². The molecule has 0 aliphatic rings. The van der Waals surface area contributed by atoms with Crippen LogP contribution in [0, 0.1) is 0 Å². The zero-order valence-corrected chi connectivity index (χ0v) is 12.5. The van der Waals surface area contributed by atoms with Crippen molar-refractivity contribution in [3.05, 3.63) is 61.2 Å². The quantitative estimate of drug-likeness (QED) is 0.570. The Labute approximate surface area is 132 Å². The molecule has 3 heterocycles. The Morgan fingerprint density at radius 1 is 1.09 bits per heavy atom. The number of benzene rings is 1. The lowest BCUT2D eigenvalue weighted by molar-refractivity contribution is 0.475. The summed E-state index contributed by atoms with van der Waals surface area (Å²) in [5.41, 5.74) is 3.73. The van der Waals surface area contributed by atoms with Gasteiger partial charge in [0.2, 0.25) is 0 Å². The van der Waals surface area contributed by atoms with E-state index in [9.17, 15) is 5.11 Å². The van der Waals surface area contributed by atoms with Crippen molar-refractivity contribution in [2.24, 2.45) is 7.05 Å². The van der Waals surface area contributed by atoms with E-state index in [0.717, 1.165) is 28.3 Å². The van der Waals surface area contributed by atoms with E-state index < -0.39 is 0 Å². The van der Waals surface area contributed by atoms with Gasteiger partial charge in [-0.2, -0.15) is 9.61 Å². The lowest BCUT2D eigenvalue weighted by Gasteiger charge is -2.08. The molecule has 0 radical (unpaired) electrons. The van der Waals surface area contributed by atoms with Gasteiger partial charge < -0.3 is 15.0 Å². The lowest BCUT2D eigenvalue weighted by atomic mass is 10.2. The van der Waals surface area contributed by atoms with Gasteiger partial charge in [-0.3, -0.25) is 0 Å². The van der Waals surface area contributed by atoms with Crippen LogP contribution in [-0.2, 0) is 7.05 Å². The van der Waals surface area contributed by atoms with Crippen LogP contribution in [0.1, 0.15) is 0 Å². The van der Waals surface area contributed by atoms with E-state index in [0.29, 0.717) is 0 Å².